The molecule has 110 valence electrons. The number of methoxy groups -OCH3 is 1. The van der Waals surface area contributed by atoms with Gasteiger partial charge in [0.1, 0.15) is 4.88 Å². The number of hydrogen-bond donors (Lipinski definition) is 1. The molecule has 1 aromatic carbocycles. The Morgan fingerprint density at radius 3 is 2.76 bits per heavy atom. The fraction of sp³-hybridized carbons (Fsp3) is 0.143. The summed E-state index contributed by atoms with van der Waals surface area (Å²) in [6, 6.07) is 6.92. The van der Waals surface area contributed by atoms with E-state index in [0.29, 0.717) is 20.6 Å². The molecule has 21 heavy (non-hydrogen) atoms. The van der Waals surface area contributed by atoms with Crippen molar-refractivity contribution in [2.24, 2.45) is 0 Å². The molecule has 0 atom stereocenters. The lowest BCUT2D eigenvalue weighted by Crippen LogP contribution is -2.12. The Hall–Kier alpha value is -1.31. The van der Waals surface area contributed by atoms with Gasteiger partial charge in [0.15, 0.2) is 0 Å². The van der Waals surface area contributed by atoms with Gasteiger partial charge >= 0.3 is 5.97 Å². The first kappa shape index (κ1) is 16.1. The van der Waals surface area contributed by atoms with Crippen LogP contribution in [-0.2, 0) is 4.74 Å². The van der Waals surface area contributed by atoms with Gasteiger partial charge in [0.05, 0.1) is 12.7 Å². The number of ether oxygens (including phenoxy) is 1. The molecular weight excluding hydrogens is 374 g/mol. The van der Waals surface area contributed by atoms with Gasteiger partial charge in [0.2, 0.25) is 0 Å². The molecule has 2 rings (SSSR count). The van der Waals surface area contributed by atoms with E-state index in [1.54, 1.807) is 18.2 Å². The Labute approximate surface area is 139 Å². The van der Waals surface area contributed by atoms with E-state index in [4.69, 9.17) is 4.74 Å². The predicted octanol–water partition coefficient (Wildman–Crippen LogP) is 4.27. The molecule has 4 nitrogen and oxygen atoms in total. The van der Waals surface area contributed by atoms with Gasteiger partial charge in [0.25, 0.3) is 5.91 Å². The van der Waals surface area contributed by atoms with Crippen LogP contribution in [0.2, 0.25) is 0 Å². The molecule has 0 aliphatic rings. The highest BCUT2D eigenvalue weighted by Gasteiger charge is 2.15. The third-order valence-corrected chi connectivity index (χ3v) is 5.20. The molecule has 1 amide bonds. The SMILES string of the molecule is COC(=O)c1cc(NC(=O)c2sccc2SC)ccc1Br. The summed E-state index contributed by atoms with van der Waals surface area (Å²) in [6.45, 7) is 0. The second kappa shape index (κ2) is 7.11. The van der Waals surface area contributed by atoms with Gasteiger partial charge in [-0.05, 0) is 51.8 Å². The van der Waals surface area contributed by atoms with Gasteiger partial charge in [-0.3, -0.25) is 4.79 Å². The number of anilines is 1. The average molecular weight is 386 g/mol. The van der Waals surface area contributed by atoms with Crippen molar-refractivity contribution in [2.45, 2.75) is 4.90 Å². The zero-order chi connectivity index (χ0) is 15.4. The van der Waals surface area contributed by atoms with Crippen LogP contribution in [0.1, 0.15) is 20.0 Å². The standard InChI is InChI=1S/C14H12BrNO3S2/c1-19-14(18)9-7-8(3-4-10(9)15)16-13(17)12-11(20-2)5-6-21-12/h3-7H,1-2H3,(H,16,17). The highest BCUT2D eigenvalue weighted by atomic mass is 79.9. The number of esters is 1. The molecule has 0 spiro atoms. The molecule has 0 aliphatic carbocycles. The van der Waals surface area contributed by atoms with Gasteiger partial charge in [-0.25, -0.2) is 4.79 Å². The van der Waals surface area contributed by atoms with E-state index in [1.165, 1.54) is 30.2 Å². The third kappa shape index (κ3) is 3.66. The number of carbonyl (C=O) groups excluding carboxylic acids is 2. The van der Waals surface area contributed by atoms with E-state index in [9.17, 15) is 9.59 Å². The molecular formula is C14H12BrNO3S2. The fourth-order valence-electron chi connectivity index (χ4n) is 1.68. The molecule has 0 saturated carbocycles. The number of hydrogen-bond acceptors (Lipinski definition) is 5. The van der Waals surface area contributed by atoms with E-state index >= 15 is 0 Å². The smallest absolute Gasteiger partial charge is 0.339 e. The van der Waals surface area contributed by atoms with Crippen molar-refractivity contribution < 1.29 is 14.3 Å². The zero-order valence-corrected chi connectivity index (χ0v) is 14.5. The summed E-state index contributed by atoms with van der Waals surface area (Å²) in [5, 5.41) is 4.67. The number of thiophene rings is 1. The number of carbonyl (C=O) groups is 2. The van der Waals surface area contributed by atoms with E-state index in [-0.39, 0.29) is 5.91 Å². The Balaban J connectivity index is 2.24. The lowest BCUT2D eigenvalue weighted by Gasteiger charge is -2.08. The quantitative estimate of drug-likeness (QED) is 0.630. The molecule has 2 aromatic rings. The van der Waals surface area contributed by atoms with Crippen LogP contribution in [-0.4, -0.2) is 25.2 Å². The monoisotopic (exact) mass is 385 g/mol. The Kier molecular flexibility index (Phi) is 5.44. The number of nitrogens with one attached hydrogen (secondary N) is 1. The van der Waals surface area contributed by atoms with Crippen LogP contribution < -0.4 is 5.32 Å². The fourth-order valence-corrected chi connectivity index (χ4v) is 3.73. The molecule has 0 fully saturated rings. The summed E-state index contributed by atoms with van der Waals surface area (Å²) in [4.78, 5) is 25.5. The number of halogens is 1. The maximum atomic E-state index is 12.2. The summed E-state index contributed by atoms with van der Waals surface area (Å²) in [5.74, 6) is -0.647. The van der Waals surface area contributed by atoms with Crippen molar-refractivity contribution in [3.8, 4) is 0 Å². The Morgan fingerprint density at radius 2 is 2.10 bits per heavy atom. The highest BCUT2D eigenvalue weighted by Crippen LogP contribution is 2.27. The summed E-state index contributed by atoms with van der Waals surface area (Å²) >= 11 is 6.19. The van der Waals surface area contributed by atoms with E-state index < -0.39 is 5.97 Å². The van der Waals surface area contributed by atoms with Crippen molar-refractivity contribution >= 4 is 56.6 Å². The summed E-state index contributed by atoms with van der Waals surface area (Å²) in [7, 11) is 1.32. The maximum absolute atomic E-state index is 12.2. The van der Waals surface area contributed by atoms with Crippen molar-refractivity contribution in [3.05, 3.63) is 44.6 Å². The molecule has 0 unspecified atom stereocenters. The topological polar surface area (TPSA) is 55.4 Å². The normalized spacial score (nSPS) is 10.2. The average Bonchev–Trinajstić information content (AvgIpc) is 2.97. The molecule has 0 bridgehead atoms. The van der Waals surface area contributed by atoms with Crippen LogP contribution in [0.25, 0.3) is 0 Å². The van der Waals surface area contributed by atoms with Crippen LogP contribution in [0, 0.1) is 0 Å². The van der Waals surface area contributed by atoms with Gasteiger partial charge in [-0.2, -0.15) is 0 Å². The molecule has 1 aromatic heterocycles. The van der Waals surface area contributed by atoms with Crippen LogP contribution in [0.4, 0.5) is 5.69 Å². The second-order valence-electron chi connectivity index (χ2n) is 3.96. The highest BCUT2D eigenvalue weighted by molar-refractivity contribution is 9.10. The largest absolute Gasteiger partial charge is 0.465 e. The minimum absolute atomic E-state index is 0.188. The summed E-state index contributed by atoms with van der Waals surface area (Å²) in [6.07, 6.45) is 1.92. The number of benzene rings is 1. The Bertz CT molecular complexity index is 685. The number of amides is 1. The van der Waals surface area contributed by atoms with Gasteiger partial charge < -0.3 is 10.1 Å². The number of thioether (sulfide) groups is 1. The molecule has 0 saturated heterocycles. The van der Waals surface area contributed by atoms with Crippen LogP contribution in [0.15, 0.2) is 39.0 Å². The van der Waals surface area contributed by atoms with Gasteiger partial charge in [-0.15, -0.1) is 23.1 Å². The van der Waals surface area contributed by atoms with Crippen molar-refractivity contribution in [3.63, 3.8) is 0 Å². The predicted molar refractivity (Wildman–Crippen MR) is 89.5 cm³/mol. The summed E-state index contributed by atoms with van der Waals surface area (Å²) < 4.78 is 5.32. The van der Waals surface area contributed by atoms with E-state index in [2.05, 4.69) is 21.2 Å². The van der Waals surface area contributed by atoms with Crippen LogP contribution in [0.5, 0.6) is 0 Å². The molecule has 7 heteroatoms. The molecule has 0 aliphatic heterocycles. The first-order valence-corrected chi connectivity index (χ1v) is 8.77. The maximum Gasteiger partial charge on any atom is 0.339 e. The second-order valence-corrected chi connectivity index (χ2v) is 6.58. The zero-order valence-electron chi connectivity index (χ0n) is 11.3. The van der Waals surface area contributed by atoms with Crippen LogP contribution in [0.3, 0.4) is 0 Å². The first-order chi connectivity index (χ1) is 10.1. The van der Waals surface area contributed by atoms with Crippen molar-refractivity contribution in [2.75, 3.05) is 18.7 Å². The molecule has 1 heterocycles. The number of rotatable bonds is 4. The lowest BCUT2D eigenvalue weighted by atomic mass is 10.2. The molecule has 1 N–H and O–H groups in total. The van der Waals surface area contributed by atoms with E-state index in [0.717, 1.165) is 4.90 Å². The van der Waals surface area contributed by atoms with Crippen LogP contribution >= 0.6 is 39.0 Å². The first-order valence-electron chi connectivity index (χ1n) is 5.87. The van der Waals surface area contributed by atoms with Gasteiger partial charge in [0, 0.05) is 15.1 Å². The lowest BCUT2D eigenvalue weighted by molar-refractivity contribution is 0.0599. The minimum Gasteiger partial charge on any atom is -0.465 e. The van der Waals surface area contributed by atoms with E-state index in [1.807, 2.05) is 17.7 Å². The minimum atomic E-state index is -0.459. The van der Waals surface area contributed by atoms with Gasteiger partial charge in [-0.1, -0.05) is 0 Å². The Morgan fingerprint density at radius 1 is 1.33 bits per heavy atom. The van der Waals surface area contributed by atoms with Crippen molar-refractivity contribution in [1.82, 2.24) is 0 Å². The van der Waals surface area contributed by atoms with Crippen molar-refractivity contribution in [1.29, 1.82) is 0 Å². The third-order valence-electron chi connectivity index (χ3n) is 2.68. The summed E-state index contributed by atoms with van der Waals surface area (Å²) in [5.41, 5.74) is 0.913. The molecule has 0 radical (unpaired) electrons.